The molecule has 1 aromatic carbocycles. The quantitative estimate of drug-likeness (QED) is 0.650. The van der Waals surface area contributed by atoms with Crippen LogP contribution in [-0.4, -0.2) is 6.61 Å². The third-order valence-corrected chi connectivity index (χ3v) is 5.28. The van der Waals surface area contributed by atoms with Crippen molar-refractivity contribution < 1.29 is 4.74 Å². The van der Waals surface area contributed by atoms with Crippen molar-refractivity contribution in [1.29, 1.82) is 0 Å². The summed E-state index contributed by atoms with van der Waals surface area (Å²) >= 11 is 0. The second kappa shape index (κ2) is 6.83. The molecule has 1 aliphatic heterocycles. The standard InChI is InChI=1S/C21H28O/c1-15(2)8-7-11-18-12-16(3)19-13-20(18)21(22-14-19)17-9-5-4-6-10-17/h4-6,8-11,16,19-21H,7,12-14H2,1-3H3/b18-11-/t16-,19-,20-,21-/m1/s1. The number of rotatable bonds is 3. The molecule has 0 amide bonds. The van der Waals surface area contributed by atoms with Gasteiger partial charge in [-0.25, -0.2) is 0 Å². The second-order valence-electron chi connectivity index (χ2n) is 7.24. The summed E-state index contributed by atoms with van der Waals surface area (Å²) in [6.07, 6.45) is 8.65. The number of allylic oxidation sites excluding steroid dienone is 3. The summed E-state index contributed by atoms with van der Waals surface area (Å²) in [5, 5.41) is 0. The lowest BCUT2D eigenvalue weighted by atomic mass is 9.67. The first-order valence-electron chi connectivity index (χ1n) is 8.64. The highest BCUT2D eigenvalue weighted by Gasteiger charge is 2.40. The van der Waals surface area contributed by atoms with E-state index in [1.54, 1.807) is 5.57 Å². The van der Waals surface area contributed by atoms with E-state index in [-0.39, 0.29) is 6.10 Å². The Morgan fingerprint density at radius 3 is 2.73 bits per heavy atom. The normalized spacial score (nSPS) is 32.8. The van der Waals surface area contributed by atoms with E-state index >= 15 is 0 Å². The van der Waals surface area contributed by atoms with E-state index in [0.717, 1.165) is 24.9 Å². The number of benzene rings is 1. The molecule has 2 bridgehead atoms. The minimum absolute atomic E-state index is 0.253. The van der Waals surface area contributed by atoms with Crippen LogP contribution in [0.25, 0.3) is 0 Å². The van der Waals surface area contributed by atoms with Crippen LogP contribution in [0.3, 0.4) is 0 Å². The van der Waals surface area contributed by atoms with Gasteiger partial charge in [0, 0.05) is 5.92 Å². The van der Waals surface area contributed by atoms with Gasteiger partial charge >= 0.3 is 0 Å². The summed E-state index contributed by atoms with van der Waals surface area (Å²) in [5.41, 5.74) is 4.36. The summed E-state index contributed by atoms with van der Waals surface area (Å²) in [4.78, 5) is 0. The zero-order valence-corrected chi connectivity index (χ0v) is 14.1. The van der Waals surface area contributed by atoms with E-state index < -0.39 is 0 Å². The van der Waals surface area contributed by atoms with E-state index in [4.69, 9.17) is 4.74 Å². The van der Waals surface area contributed by atoms with Crippen LogP contribution in [0.4, 0.5) is 0 Å². The van der Waals surface area contributed by atoms with Gasteiger partial charge in [-0.15, -0.1) is 0 Å². The molecule has 0 N–H and O–H groups in total. The van der Waals surface area contributed by atoms with Crippen molar-refractivity contribution in [2.75, 3.05) is 6.61 Å². The van der Waals surface area contributed by atoms with Gasteiger partial charge in [0.2, 0.25) is 0 Å². The first-order valence-corrected chi connectivity index (χ1v) is 8.64. The number of hydrogen-bond acceptors (Lipinski definition) is 1. The molecule has 1 saturated heterocycles. The first kappa shape index (κ1) is 15.6. The molecule has 0 spiro atoms. The van der Waals surface area contributed by atoms with Gasteiger partial charge in [-0.2, -0.15) is 0 Å². The van der Waals surface area contributed by atoms with Crippen LogP contribution in [-0.2, 0) is 4.74 Å². The Morgan fingerprint density at radius 2 is 2.00 bits per heavy atom. The second-order valence-corrected chi connectivity index (χ2v) is 7.24. The van der Waals surface area contributed by atoms with Gasteiger partial charge in [0.15, 0.2) is 0 Å². The zero-order chi connectivity index (χ0) is 15.5. The van der Waals surface area contributed by atoms with Crippen LogP contribution in [0.1, 0.15) is 51.7 Å². The Bertz CT molecular complexity index is 551. The van der Waals surface area contributed by atoms with E-state index in [1.807, 2.05) is 0 Å². The van der Waals surface area contributed by atoms with Crippen molar-refractivity contribution in [3.8, 4) is 0 Å². The third kappa shape index (κ3) is 3.35. The molecule has 1 saturated carbocycles. The SMILES string of the molecule is CC(C)=CC/C=C1/C[C@@H](C)[C@H]2CO[C@H](c3ccccc3)[C@@H]1C2. The molecule has 1 heteroatoms. The van der Waals surface area contributed by atoms with Crippen LogP contribution in [0.15, 0.2) is 53.6 Å². The summed E-state index contributed by atoms with van der Waals surface area (Å²) < 4.78 is 6.30. The molecule has 1 aliphatic carbocycles. The molecule has 22 heavy (non-hydrogen) atoms. The minimum atomic E-state index is 0.253. The Labute approximate surface area is 135 Å². The van der Waals surface area contributed by atoms with Crippen molar-refractivity contribution >= 4 is 0 Å². The van der Waals surface area contributed by atoms with Gasteiger partial charge in [-0.05, 0) is 50.5 Å². The summed E-state index contributed by atoms with van der Waals surface area (Å²) in [6, 6.07) is 10.8. The molecule has 4 atom stereocenters. The summed E-state index contributed by atoms with van der Waals surface area (Å²) in [5.74, 6) is 2.07. The lowest BCUT2D eigenvalue weighted by Gasteiger charge is -2.45. The zero-order valence-electron chi connectivity index (χ0n) is 14.1. The maximum absolute atomic E-state index is 6.30. The highest BCUT2D eigenvalue weighted by Crippen LogP contribution is 2.48. The van der Waals surface area contributed by atoms with Gasteiger partial charge in [0.1, 0.15) is 0 Å². The molecule has 2 aliphatic rings. The highest BCUT2D eigenvalue weighted by molar-refractivity contribution is 5.25. The topological polar surface area (TPSA) is 9.23 Å². The summed E-state index contributed by atoms with van der Waals surface area (Å²) in [6.45, 7) is 7.67. The van der Waals surface area contributed by atoms with Crippen molar-refractivity contribution in [1.82, 2.24) is 0 Å². The average Bonchev–Trinajstić information content (AvgIpc) is 2.53. The maximum atomic E-state index is 6.30. The van der Waals surface area contributed by atoms with E-state index in [1.165, 1.54) is 24.0 Å². The van der Waals surface area contributed by atoms with E-state index in [2.05, 4.69) is 63.3 Å². The Kier molecular flexibility index (Phi) is 4.83. The van der Waals surface area contributed by atoms with Gasteiger partial charge in [-0.3, -0.25) is 0 Å². The fourth-order valence-electron chi connectivity index (χ4n) is 3.95. The molecule has 0 unspecified atom stereocenters. The molecule has 3 rings (SSSR count). The Balaban J connectivity index is 1.84. The Morgan fingerprint density at radius 1 is 1.23 bits per heavy atom. The van der Waals surface area contributed by atoms with Crippen LogP contribution in [0.5, 0.6) is 0 Å². The lowest BCUT2D eigenvalue weighted by Crippen LogP contribution is -2.38. The molecule has 0 aromatic heterocycles. The monoisotopic (exact) mass is 296 g/mol. The summed E-state index contributed by atoms with van der Waals surface area (Å²) in [7, 11) is 0. The van der Waals surface area contributed by atoms with E-state index in [9.17, 15) is 0 Å². The van der Waals surface area contributed by atoms with Crippen molar-refractivity contribution in [2.45, 2.75) is 46.1 Å². The number of fused-ring (bicyclic) bond motifs is 2. The third-order valence-electron chi connectivity index (χ3n) is 5.28. The van der Waals surface area contributed by atoms with Crippen LogP contribution in [0.2, 0.25) is 0 Å². The molecular weight excluding hydrogens is 268 g/mol. The predicted molar refractivity (Wildman–Crippen MR) is 92.6 cm³/mol. The fourth-order valence-corrected chi connectivity index (χ4v) is 3.95. The molecule has 1 heterocycles. The van der Waals surface area contributed by atoms with Crippen LogP contribution >= 0.6 is 0 Å². The number of ether oxygens (including phenoxy) is 1. The van der Waals surface area contributed by atoms with Gasteiger partial charge in [0.25, 0.3) is 0 Å². The largest absolute Gasteiger partial charge is 0.373 e. The van der Waals surface area contributed by atoms with Gasteiger partial charge in [-0.1, -0.05) is 60.6 Å². The maximum Gasteiger partial charge on any atom is 0.0890 e. The molecular formula is C21H28O. The average molecular weight is 296 g/mol. The molecule has 0 radical (unpaired) electrons. The smallest absolute Gasteiger partial charge is 0.0890 e. The molecule has 1 nitrogen and oxygen atoms in total. The van der Waals surface area contributed by atoms with Crippen LogP contribution < -0.4 is 0 Å². The van der Waals surface area contributed by atoms with Crippen molar-refractivity contribution in [3.63, 3.8) is 0 Å². The number of hydrogen-bond donors (Lipinski definition) is 0. The highest BCUT2D eigenvalue weighted by atomic mass is 16.5. The molecule has 1 aromatic rings. The first-order chi connectivity index (χ1) is 10.6. The molecule has 2 fully saturated rings. The fraction of sp³-hybridized carbons (Fsp3) is 0.524. The predicted octanol–water partition coefficient (Wildman–Crippen LogP) is 5.70. The van der Waals surface area contributed by atoms with Gasteiger partial charge in [0.05, 0.1) is 12.7 Å². The molecule has 118 valence electrons. The van der Waals surface area contributed by atoms with Crippen molar-refractivity contribution in [2.24, 2.45) is 17.8 Å². The lowest BCUT2D eigenvalue weighted by molar-refractivity contribution is -0.0746. The minimum Gasteiger partial charge on any atom is -0.373 e. The van der Waals surface area contributed by atoms with Gasteiger partial charge < -0.3 is 4.74 Å². The Hall–Kier alpha value is -1.34. The van der Waals surface area contributed by atoms with E-state index in [0.29, 0.717) is 5.92 Å². The van der Waals surface area contributed by atoms with Crippen molar-refractivity contribution in [3.05, 3.63) is 59.2 Å². The van der Waals surface area contributed by atoms with Crippen LogP contribution in [0, 0.1) is 17.8 Å².